The summed E-state index contributed by atoms with van der Waals surface area (Å²) in [5, 5.41) is 6.14. The fourth-order valence-electron chi connectivity index (χ4n) is 1.63. The van der Waals surface area contributed by atoms with Crippen LogP contribution in [-0.4, -0.2) is 30.5 Å². The number of nitrogens with one attached hydrogen (secondary N) is 2. The van der Waals surface area contributed by atoms with Gasteiger partial charge in [-0.1, -0.05) is 11.6 Å². The first-order valence-corrected chi connectivity index (χ1v) is 5.43. The highest BCUT2D eigenvalue weighted by atomic mass is 35.5. The van der Waals surface area contributed by atoms with Crippen LogP contribution in [0.3, 0.4) is 0 Å². The predicted molar refractivity (Wildman–Crippen MR) is 76.6 cm³/mol. The first-order valence-electron chi connectivity index (χ1n) is 5.43. The molecule has 2 rings (SSSR count). The average Bonchev–Trinajstić information content (AvgIpc) is 2.38. The van der Waals surface area contributed by atoms with Crippen molar-refractivity contribution in [2.24, 2.45) is 0 Å². The standard InChI is InChI=1S/C12H15N3O.2ClH/c16-12(11-3-7-14-8-4-11)15-9-10-1-5-13-6-2-10;;/h1,3-4,7-8,13H,2,5-6,9H2,(H,15,16);2*1H. The SMILES string of the molecule is Cl.Cl.O=C(NCC1=CCNCC1)c1ccncc1. The fraction of sp³-hybridized carbons (Fsp3) is 0.333. The summed E-state index contributed by atoms with van der Waals surface area (Å²) in [4.78, 5) is 15.6. The summed E-state index contributed by atoms with van der Waals surface area (Å²) >= 11 is 0. The molecule has 0 radical (unpaired) electrons. The fourth-order valence-corrected chi connectivity index (χ4v) is 1.63. The number of rotatable bonds is 3. The van der Waals surface area contributed by atoms with E-state index in [0.717, 1.165) is 19.5 Å². The minimum absolute atomic E-state index is 0. The Morgan fingerprint density at radius 2 is 2.06 bits per heavy atom. The lowest BCUT2D eigenvalue weighted by Gasteiger charge is -2.14. The van der Waals surface area contributed by atoms with E-state index < -0.39 is 0 Å². The van der Waals surface area contributed by atoms with Crippen molar-refractivity contribution in [2.45, 2.75) is 6.42 Å². The van der Waals surface area contributed by atoms with Crippen LogP contribution in [0.15, 0.2) is 36.2 Å². The third-order valence-electron chi connectivity index (χ3n) is 2.58. The highest BCUT2D eigenvalue weighted by Gasteiger charge is 2.06. The molecule has 1 aromatic rings. The van der Waals surface area contributed by atoms with Crippen LogP contribution in [0.1, 0.15) is 16.8 Å². The molecule has 0 aromatic carbocycles. The molecule has 0 spiro atoms. The predicted octanol–water partition coefficient (Wildman–Crippen LogP) is 1.57. The van der Waals surface area contributed by atoms with Crippen molar-refractivity contribution in [3.8, 4) is 0 Å². The molecule has 1 amide bonds. The maximum absolute atomic E-state index is 11.7. The molecule has 0 fully saturated rings. The third kappa shape index (κ3) is 5.04. The van der Waals surface area contributed by atoms with Crippen molar-refractivity contribution in [2.75, 3.05) is 19.6 Å². The van der Waals surface area contributed by atoms with Crippen LogP contribution < -0.4 is 10.6 Å². The molecule has 6 heteroatoms. The molecule has 1 aliphatic rings. The van der Waals surface area contributed by atoms with Crippen molar-refractivity contribution >= 4 is 30.7 Å². The summed E-state index contributed by atoms with van der Waals surface area (Å²) in [6, 6.07) is 3.43. The lowest BCUT2D eigenvalue weighted by molar-refractivity contribution is 0.0956. The Kier molecular flexibility index (Phi) is 8.37. The normalized spacial score (nSPS) is 13.7. The molecule has 18 heavy (non-hydrogen) atoms. The summed E-state index contributed by atoms with van der Waals surface area (Å²) in [5.74, 6) is -0.0400. The van der Waals surface area contributed by atoms with Gasteiger partial charge < -0.3 is 10.6 Å². The zero-order valence-electron chi connectivity index (χ0n) is 9.89. The minimum Gasteiger partial charge on any atom is -0.348 e. The molecule has 0 aliphatic carbocycles. The van der Waals surface area contributed by atoms with E-state index in [-0.39, 0.29) is 30.7 Å². The Hall–Kier alpha value is -1.10. The van der Waals surface area contributed by atoms with Gasteiger partial charge >= 0.3 is 0 Å². The van der Waals surface area contributed by atoms with Gasteiger partial charge in [0.2, 0.25) is 0 Å². The van der Waals surface area contributed by atoms with Gasteiger partial charge in [-0.05, 0) is 25.1 Å². The first-order chi connectivity index (χ1) is 7.86. The Morgan fingerprint density at radius 3 is 2.67 bits per heavy atom. The van der Waals surface area contributed by atoms with Gasteiger partial charge in [0.1, 0.15) is 0 Å². The summed E-state index contributed by atoms with van der Waals surface area (Å²) in [7, 11) is 0. The summed E-state index contributed by atoms with van der Waals surface area (Å²) < 4.78 is 0. The lowest BCUT2D eigenvalue weighted by atomic mass is 10.1. The van der Waals surface area contributed by atoms with Crippen LogP contribution in [0.2, 0.25) is 0 Å². The van der Waals surface area contributed by atoms with E-state index in [1.807, 2.05) is 0 Å². The lowest BCUT2D eigenvalue weighted by Crippen LogP contribution is -2.29. The molecule has 100 valence electrons. The molecule has 0 bridgehead atoms. The van der Waals surface area contributed by atoms with Gasteiger partial charge in [-0.2, -0.15) is 0 Å². The van der Waals surface area contributed by atoms with E-state index in [2.05, 4.69) is 21.7 Å². The highest BCUT2D eigenvalue weighted by molar-refractivity contribution is 5.94. The number of halogens is 2. The Morgan fingerprint density at radius 1 is 1.33 bits per heavy atom. The quantitative estimate of drug-likeness (QED) is 0.831. The molecule has 0 unspecified atom stereocenters. The van der Waals surface area contributed by atoms with Crippen LogP contribution in [0.5, 0.6) is 0 Å². The maximum Gasteiger partial charge on any atom is 0.251 e. The molecular weight excluding hydrogens is 273 g/mol. The topological polar surface area (TPSA) is 54.0 Å². The number of aromatic nitrogens is 1. The second kappa shape index (κ2) is 8.91. The largest absolute Gasteiger partial charge is 0.348 e. The maximum atomic E-state index is 11.7. The summed E-state index contributed by atoms with van der Waals surface area (Å²) in [6.45, 7) is 2.54. The van der Waals surface area contributed by atoms with E-state index in [1.54, 1.807) is 24.5 Å². The van der Waals surface area contributed by atoms with Gasteiger partial charge in [-0.25, -0.2) is 0 Å². The molecular formula is C12H17Cl2N3O. The monoisotopic (exact) mass is 289 g/mol. The number of pyridine rings is 1. The molecule has 2 heterocycles. The van der Waals surface area contributed by atoms with Crippen molar-refractivity contribution in [1.82, 2.24) is 15.6 Å². The Balaban J connectivity index is 0.00000144. The smallest absolute Gasteiger partial charge is 0.251 e. The Labute approximate surface area is 119 Å². The number of hydrogen-bond donors (Lipinski definition) is 2. The second-order valence-corrected chi connectivity index (χ2v) is 3.74. The molecule has 2 N–H and O–H groups in total. The molecule has 0 saturated carbocycles. The average molecular weight is 290 g/mol. The van der Waals surface area contributed by atoms with Crippen molar-refractivity contribution in [1.29, 1.82) is 0 Å². The number of hydrogen-bond acceptors (Lipinski definition) is 3. The van der Waals surface area contributed by atoms with Crippen LogP contribution >= 0.6 is 24.8 Å². The van der Waals surface area contributed by atoms with Crippen molar-refractivity contribution in [3.05, 3.63) is 41.7 Å². The molecule has 1 aliphatic heterocycles. The van der Waals surface area contributed by atoms with E-state index in [0.29, 0.717) is 12.1 Å². The van der Waals surface area contributed by atoms with E-state index >= 15 is 0 Å². The number of carbonyl (C=O) groups excluding carboxylic acids is 1. The van der Waals surface area contributed by atoms with Crippen molar-refractivity contribution in [3.63, 3.8) is 0 Å². The van der Waals surface area contributed by atoms with Crippen LogP contribution in [0.25, 0.3) is 0 Å². The van der Waals surface area contributed by atoms with Crippen molar-refractivity contribution < 1.29 is 4.79 Å². The van der Waals surface area contributed by atoms with E-state index in [1.165, 1.54) is 5.57 Å². The van der Waals surface area contributed by atoms with Gasteiger partial charge in [0.05, 0.1) is 0 Å². The summed E-state index contributed by atoms with van der Waals surface area (Å²) in [5.41, 5.74) is 1.95. The van der Waals surface area contributed by atoms with E-state index in [9.17, 15) is 4.79 Å². The second-order valence-electron chi connectivity index (χ2n) is 3.74. The number of nitrogens with zero attached hydrogens (tertiary/aromatic N) is 1. The first kappa shape index (κ1) is 16.9. The number of carbonyl (C=O) groups is 1. The van der Waals surface area contributed by atoms with Gasteiger partial charge in [0, 0.05) is 31.0 Å². The van der Waals surface area contributed by atoms with Gasteiger partial charge in [-0.3, -0.25) is 9.78 Å². The van der Waals surface area contributed by atoms with Gasteiger partial charge in [0.15, 0.2) is 0 Å². The molecule has 4 nitrogen and oxygen atoms in total. The van der Waals surface area contributed by atoms with Gasteiger partial charge in [0.25, 0.3) is 5.91 Å². The summed E-state index contributed by atoms with van der Waals surface area (Å²) in [6.07, 6.45) is 6.39. The van der Waals surface area contributed by atoms with E-state index in [4.69, 9.17) is 0 Å². The van der Waals surface area contributed by atoms with Crippen LogP contribution in [0, 0.1) is 0 Å². The van der Waals surface area contributed by atoms with Crippen LogP contribution in [-0.2, 0) is 0 Å². The molecule has 0 atom stereocenters. The zero-order chi connectivity index (χ0) is 11.2. The highest BCUT2D eigenvalue weighted by Crippen LogP contribution is 2.03. The van der Waals surface area contributed by atoms with Gasteiger partial charge in [-0.15, -0.1) is 24.8 Å². The Bertz CT molecular complexity index is 396. The molecule has 1 aromatic heterocycles. The minimum atomic E-state index is -0.0400. The van der Waals surface area contributed by atoms with Crippen LogP contribution in [0.4, 0.5) is 0 Å². The number of amides is 1. The molecule has 0 saturated heterocycles. The zero-order valence-corrected chi connectivity index (χ0v) is 11.5. The third-order valence-corrected chi connectivity index (χ3v) is 2.58.